The third kappa shape index (κ3) is 1.43. The van der Waals surface area contributed by atoms with Gasteiger partial charge >= 0.3 is 0 Å². The molecule has 3 nitrogen and oxygen atoms in total. The zero-order chi connectivity index (χ0) is 11.2. The fourth-order valence-corrected chi connectivity index (χ4v) is 2.89. The van der Waals surface area contributed by atoms with Gasteiger partial charge in [0.1, 0.15) is 5.75 Å². The van der Waals surface area contributed by atoms with E-state index in [0.29, 0.717) is 6.42 Å². The van der Waals surface area contributed by atoms with E-state index in [4.69, 9.17) is 10.5 Å². The summed E-state index contributed by atoms with van der Waals surface area (Å²) in [5.74, 6) is 0.902. The van der Waals surface area contributed by atoms with E-state index in [1.165, 1.54) is 5.56 Å². The second-order valence-corrected chi connectivity index (χ2v) is 4.93. The lowest BCUT2D eigenvalue weighted by Crippen LogP contribution is -2.25. The molecule has 1 aliphatic carbocycles. The second kappa shape index (κ2) is 3.47. The van der Waals surface area contributed by atoms with Crippen LogP contribution in [0.2, 0.25) is 0 Å². The van der Waals surface area contributed by atoms with Crippen LogP contribution in [0.3, 0.4) is 0 Å². The monoisotopic (exact) mass is 219 g/mol. The fourth-order valence-electron chi connectivity index (χ4n) is 2.89. The zero-order valence-electron chi connectivity index (χ0n) is 9.28. The molecule has 3 heteroatoms. The van der Waals surface area contributed by atoms with Gasteiger partial charge in [0.15, 0.2) is 0 Å². The van der Waals surface area contributed by atoms with E-state index in [9.17, 15) is 5.11 Å². The van der Waals surface area contributed by atoms with Crippen molar-refractivity contribution in [3.8, 4) is 5.75 Å². The van der Waals surface area contributed by atoms with Gasteiger partial charge in [0.2, 0.25) is 0 Å². The van der Waals surface area contributed by atoms with E-state index < -0.39 is 5.60 Å². The van der Waals surface area contributed by atoms with Gasteiger partial charge in [0.05, 0.1) is 12.2 Å². The highest BCUT2D eigenvalue weighted by Gasteiger charge is 2.40. The summed E-state index contributed by atoms with van der Waals surface area (Å²) in [6.07, 6.45) is 3.23. The minimum Gasteiger partial charge on any atom is -0.493 e. The molecule has 3 rings (SSSR count). The number of aliphatic hydroxyl groups is 1. The van der Waals surface area contributed by atoms with E-state index in [1.807, 2.05) is 12.1 Å². The van der Waals surface area contributed by atoms with Gasteiger partial charge in [-0.1, -0.05) is 18.2 Å². The molecule has 0 amide bonds. The molecule has 0 bridgehead atoms. The third-order valence-corrected chi connectivity index (χ3v) is 3.74. The molecule has 1 aliphatic heterocycles. The van der Waals surface area contributed by atoms with Crippen LogP contribution >= 0.6 is 0 Å². The van der Waals surface area contributed by atoms with E-state index in [-0.39, 0.29) is 6.04 Å². The van der Waals surface area contributed by atoms with Gasteiger partial charge in [0.25, 0.3) is 0 Å². The standard InChI is InChI=1S/C13H17NO2/c14-10-4-6-13(15,8-10)11-3-1-2-9-5-7-16-12(9)11/h1-3,10,15H,4-8,14H2. The normalized spacial score (nSPS) is 32.5. The molecule has 3 N–H and O–H groups in total. The first-order valence-electron chi connectivity index (χ1n) is 5.92. The van der Waals surface area contributed by atoms with Gasteiger partial charge in [-0.3, -0.25) is 0 Å². The molecule has 2 aliphatic rings. The van der Waals surface area contributed by atoms with Crippen molar-refractivity contribution in [1.82, 2.24) is 0 Å². The number of rotatable bonds is 1. The van der Waals surface area contributed by atoms with Crippen molar-refractivity contribution >= 4 is 0 Å². The Morgan fingerprint density at radius 2 is 2.31 bits per heavy atom. The summed E-state index contributed by atoms with van der Waals surface area (Å²) >= 11 is 0. The Hall–Kier alpha value is -1.06. The molecule has 0 spiro atoms. The van der Waals surface area contributed by atoms with Crippen molar-refractivity contribution in [2.24, 2.45) is 5.73 Å². The highest BCUT2D eigenvalue weighted by Crippen LogP contribution is 2.44. The summed E-state index contributed by atoms with van der Waals surface area (Å²) in [5, 5.41) is 10.6. The molecule has 0 saturated heterocycles. The minimum atomic E-state index is -0.769. The molecule has 1 saturated carbocycles. The maximum absolute atomic E-state index is 10.6. The van der Waals surface area contributed by atoms with Crippen LogP contribution in [0.4, 0.5) is 0 Å². The Labute approximate surface area is 95.2 Å². The highest BCUT2D eigenvalue weighted by atomic mass is 16.5. The first-order valence-corrected chi connectivity index (χ1v) is 5.92. The number of hydrogen-bond donors (Lipinski definition) is 2. The summed E-state index contributed by atoms with van der Waals surface area (Å²) in [4.78, 5) is 0. The van der Waals surface area contributed by atoms with Crippen LogP contribution in [0.1, 0.15) is 30.4 Å². The molecule has 1 aromatic rings. The maximum Gasteiger partial charge on any atom is 0.128 e. The SMILES string of the molecule is NC1CCC(O)(c2cccc3c2OCC3)C1. The van der Waals surface area contributed by atoms with Crippen molar-refractivity contribution in [3.63, 3.8) is 0 Å². The van der Waals surface area contributed by atoms with Crippen molar-refractivity contribution in [3.05, 3.63) is 29.3 Å². The van der Waals surface area contributed by atoms with Crippen LogP contribution < -0.4 is 10.5 Å². The van der Waals surface area contributed by atoms with Gasteiger partial charge in [-0.2, -0.15) is 0 Å². The van der Waals surface area contributed by atoms with Crippen LogP contribution in [-0.2, 0) is 12.0 Å². The van der Waals surface area contributed by atoms with Crippen molar-refractivity contribution in [1.29, 1.82) is 0 Å². The first kappa shape index (κ1) is 10.1. The van der Waals surface area contributed by atoms with E-state index >= 15 is 0 Å². The van der Waals surface area contributed by atoms with Crippen LogP contribution in [-0.4, -0.2) is 17.8 Å². The summed E-state index contributed by atoms with van der Waals surface area (Å²) < 4.78 is 5.64. The van der Waals surface area contributed by atoms with Crippen molar-refractivity contribution < 1.29 is 9.84 Å². The highest BCUT2D eigenvalue weighted by molar-refractivity contribution is 5.47. The summed E-state index contributed by atoms with van der Waals surface area (Å²) in [6.45, 7) is 0.731. The first-order chi connectivity index (χ1) is 7.69. The van der Waals surface area contributed by atoms with Crippen LogP contribution in [0.5, 0.6) is 5.75 Å². The quantitative estimate of drug-likeness (QED) is 0.749. The topological polar surface area (TPSA) is 55.5 Å². The number of ether oxygens (including phenoxy) is 1. The van der Waals surface area contributed by atoms with Crippen LogP contribution in [0.15, 0.2) is 18.2 Å². The minimum absolute atomic E-state index is 0.113. The average molecular weight is 219 g/mol. The Bertz CT molecular complexity index is 418. The largest absolute Gasteiger partial charge is 0.493 e. The molecule has 16 heavy (non-hydrogen) atoms. The Morgan fingerprint density at radius 1 is 1.44 bits per heavy atom. The molecule has 0 radical (unpaired) electrons. The van der Waals surface area contributed by atoms with Crippen LogP contribution in [0, 0.1) is 0 Å². The molecule has 1 aromatic carbocycles. The molecule has 0 aromatic heterocycles. The predicted octanol–water partition coefficient (Wildman–Crippen LogP) is 1.32. The lowest BCUT2D eigenvalue weighted by Gasteiger charge is -2.25. The fraction of sp³-hybridized carbons (Fsp3) is 0.538. The smallest absolute Gasteiger partial charge is 0.128 e. The maximum atomic E-state index is 10.6. The van der Waals surface area contributed by atoms with Gasteiger partial charge in [-0.25, -0.2) is 0 Å². The number of nitrogens with two attached hydrogens (primary N) is 1. The summed E-state index contributed by atoms with van der Waals surface area (Å²) in [5.41, 5.74) is 7.28. The van der Waals surface area contributed by atoms with Crippen molar-refractivity contribution in [2.75, 3.05) is 6.61 Å². The lowest BCUT2D eigenvalue weighted by atomic mass is 9.90. The number of para-hydroxylation sites is 1. The second-order valence-electron chi connectivity index (χ2n) is 4.93. The molecule has 1 fully saturated rings. The number of benzene rings is 1. The van der Waals surface area contributed by atoms with Gasteiger partial charge in [0, 0.05) is 18.0 Å². The molecule has 86 valence electrons. The third-order valence-electron chi connectivity index (χ3n) is 3.74. The molecular weight excluding hydrogens is 202 g/mol. The average Bonchev–Trinajstić information content (AvgIpc) is 2.85. The summed E-state index contributed by atoms with van der Waals surface area (Å²) in [6, 6.07) is 6.17. The summed E-state index contributed by atoms with van der Waals surface area (Å²) in [7, 11) is 0. The van der Waals surface area contributed by atoms with E-state index in [1.54, 1.807) is 0 Å². The Balaban J connectivity index is 2.04. The van der Waals surface area contributed by atoms with Crippen LogP contribution in [0.25, 0.3) is 0 Å². The van der Waals surface area contributed by atoms with Gasteiger partial charge in [-0.15, -0.1) is 0 Å². The Kier molecular flexibility index (Phi) is 2.19. The predicted molar refractivity (Wildman–Crippen MR) is 61.4 cm³/mol. The lowest BCUT2D eigenvalue weighted by molar-refractivity contribution is 0.0405. The van der Waals surface area contributed by atoms with Crippen molar-refractivity contribution in [2.45, 2.75) is 37.3 Å². The van der Waals surface area contributed by atoms with Gasteiger partial charge in [-0.05, 0) is 24.8 Å². The van der Waals surface area contributed by atoms with Gasteiger partial charge < -0.3 is 15.6 Å². The number of hydrogen-bond acceptors (Lipinski definition) is 3. The molecular formula is C13H17NO2. The molecule has 2 atom stereocenters. The zero-order valence-corrected chi connectivity index (χ0v) is 9.28. The van der Waals surface area contributed by atoms with E-state index in [0.717, 1.165) is 37.2 Å². The molecule has 1 heterocycles. The number of fused-ring (bicyclic) bond motifs is 1. The molecule has 2 unspecified atom stereocenters. The van der Waals surface area contributed by atoms with E-state index in [2.05, 4.69) is 6.07 Å². The Morgan fingerprint density at radius 3 is 3.06 bits per heavy atom.